The standard InChI is InChI=1S/C25H29N5OS/c1-5-22(29(3)4)24-27-28-25(30(24)16-18-11-7-6-8-12-18)32-17(2)23(31)20-15-26-21-14-10-9-13-19(20)21/h6-15,17,22,26H,5,16H2,1-4H3/t17-,22-/m0/s1. The molecule has 0 radical (unpaired) electrons. The van der Waals surface area contributed by atoms with E-state index in [2.05, 4.69) is 57.8 Å². The van der Waals surface area contributed by atoms with E-state index in [1.807, 2.05) is 55.6 Å². The summed E-state index contributed by atoms with van der Waals surface area (Å²) >= 11 is 1.47. The van der Waals surface area contributed by atoms with E-state index in [9.17, 15) is 4.79 Å². The summed E-state index contributed by atoms with van der Waals surface area (Å²) in [5.74, 6) is 1.01. The minimum atomic E-state index is -0.291. The molecule has 0 amide bonds. The number of carbonyl (C=O) groups excluding carboxylic acids is 1. The first kappa shape index (κ1) is 22.3. The summed E-state index contributed by atoms with van der Waals surface area (Å²) < 4.78 is 2.16. The molecular formula is C25H29N5OS. The lowest BCUT2D eigenvalue weighted by molar-refractivity contribution is 0.0995. The molecule has 0 spiro atoms. The minimum Gasteiger partial charge on any atom is -0.360 e. The number of thioether (sulfide) groups is 1. The first-order valence-corrected chi connectivity index (χ1v) is 11.8. The Morgan fingerprint density at radius 1 is 1.09 bits per heavy atom. The highest BCUT2D eigenvalue weighted by molar-refractivity contribution is 8.00. The van der Waals surface area contributed by atoms with E-state index < -0.39 is 0 Å². The topological polar surface area (TPSA) is 66.8 Å². The van der Waals surface area contributed by atoms with Gasteiger partial charge in [0.2, 0.25) is 0 Å². The third-order valence-electron chi connectivity index (χ3n) is 5.74. The van der Waals surface area contributed by atoms with E-state index in [4.69, 9.17) is 0 Å². The number of rotatable bonds is 9. The summed E-state index contributed by atoms with van der Waals surface area (Å²) in [6, 6.07) is 18.4. The molecule has 0 saturated carbocycles. The van der Waals surface area contributed by atoms with Gasteiger partial charge in [0, 0.05) is 22.7 Å². The summed E-state index contributed by atoms with van der Waals surface area (Å²) in [4.78, 5) is 18.7. The highest BCUT2D eigenvalue weighted by Crippen LogP contribution is 2.31. The van der Waals surface area contributed by atoms with E-state index in [1.165, 1.54) is 17.3 Å². The molecule has 0 saturated heterocycles. The smallest absolute Gasteiger partial charge is 0.192 e. The van der Waals surface area contributed by atoms with Crippen LogP contribution in [-0.4, -0.2) is 49.8 Å². The van der Waals surface area contributed by atoms with Crippen LogP contribution in [0.2, 0.25) is 0 Å². The summed E-state index contributed by atoms with van der Waals surface area (Å²) in [7, 11) is 4.12. The second kappa shape index (κ2) is 9.71. The van der Waals surface area contributed by atoms with Crippen LogP contribution in [0.5, 0.6) is 0 Å². The van der Waals surface area contributed by atoms with Gasteiger partial charge >= 0.3 is 0 Å². The van der Waals surface area contributed by atoms with Crippen LogP contribution in [0.1, 0.15) is 48.1 Å². The van der Waals surface area contributed by atoms with E-state index in [0.717, 1.165) is 33.9 Å². The van der Waals surface area contributed by atoms with Gasteiger partial charge in [-0.05, 0) is 39.1 Å². The fourth-order valence-electron chi connectivity index (χ4n) is 4.03. The van der Waals surface area contributed by atoms with Crippen LogP contribution in [0, 0.1) is 0 Å². The minimum absolute atomic E-state index is 0.0860. The Kier molecular flexibility index (Phi) is 6.77. The van der Waals surface area contributed by atoms with Gasteiger partial charge in [-0.15, -0.1) is 10.2 Å². The van der Waals surface area contributed by atoms with E-state index in [0.29, 0.717) is 6.54 Å². The van der Waals surface area contributed by atoms with E-state index in [1.54, 1.807) is 0 Å². The number of benzene rings is 2. The van der Waals surface area contributed by atoms with Gasteiger partial charge in [0.1, 0.15) is 0 Å². The number of nitrogens with one attached hydrogen (secondary N) is 1. The van der Waals surface area contributed by atoms with Gasteiger partial charge in [0.15, 0.2) is 16.8 Å². The van der Waals surface area contributed by atoms with E-state index >= 15 is 0 Å². The third kappa shape index (κ3) is 4.49. The van der Waals surface area contributed by atoms with Crippen molar-refractivity contribution in [2.45, 2.75) is 43.3 Å². The maximum atomic E-state index is 13.3. The van der Waals surface area contributed by atoms with Crippen molar-refractivity contribution >= 4 is 28.4 Å². The zero-order chi connectivity index (χ0) is 22.7. The molecule has 0 aliphatic carbocycles. The molecule has 32 heavy (non-hydrogen) atoms. The SMILES string of the molecule is CC[C@@H](c1nnc(S[C@@H](C)C(=O)c2c[nH]c3ccccc23)n1Cc1ccccc1)N(C)C. The maximum absolute atomic E-state index is 13.3. The molecule has 7 heteroatoms. The highest BCUT2D eigenvalue weighted by Gasteiger charge is 2.26. The van der Waals surface area contributed by atoms with Crippen LogP contribution in [0.25, 0.3) is 10.9 Å². The van der Waals surface area contributed by atoms with Crippen LogP contribution in [0.3, 0.4) is 0 Å². The van der Waals surface area contributed by atoms with Crippen molar-refractivity contribution in [2.75, 3.05) is 14.1 Å². The second-order valence-electron chi connectivity index (χ2n) is 8.17. The van der Waals surface area contributed by atoms with Crippen molar-refractivity contribution in [3.05, 3.63) is 77.7 Å². The monoisotopic (exact) mass is 447 g/mol. The van der Waals surface area contributed by atoms with Gasteiger partial charge in [-0.2, -0.15) is 0 Å². The Morgan fingerprint density at radius 3 is 2.53 bits per heavy atom. The number of ketones is 1. The largest absolute Gasteiger partial charge is 0.360 e. The number of carbonyl (C=O) groups is 1. The Balaban J connectivity index is 1.65. The van der Waals surface area contributed by atoms with E-state index in [-0.39, 0.29) is 17.1 Å². The fraction of sp³-hybridized carbons (Fsp3) is 0.320. The molecule has 0 aliphatic heterocycles. The molecule has 2 aromatic carbocycles. The van der Waals surface area contributed by atoms with Crippen molar-refractivity contribution < 1.29 is 4.79 Å². The molecule has 0 fully saturated rings. The molecule has 0 aliphatic rings. The molecule has 1 N–H and O–H groups in total. The van der Waals surface area contributed by atoms with Crippen LogP contribution in [-0.2, 0) is 6.54 Å². The summed E-state index contributed by atoms with van der Waals surface area (Å²) in [5.41, 5.74) is 2.87. The second-order valence-corrected chi connectivity index (χ2v) is 9.48. The maximum Gasteiger partial charge on any atom is 0.192 e. The number of H-pyrrole nitrogens is 1. The van der Waals surface area contributed by atoms with Gasteiger partial charge < -0.3 is 9.55 Å². The lowest BCUT2D eigenvalue weighted by atomic mass is 10.1. The van der Waals surface area contributed by atoms with Gasteiger partial charge in [-0.3, -0.25) is 9.69 Å². The predicted molar refractivity (Wildman–Crippen MR) is 130 cm³/mol. The van der Waals surface area contributed by atoms with Crippen LogP contribution in [0.4, 0.5) is 0 Å². The molecular weight excluding hydrogens is 418 g/mol. The van der Waals surface area contributed by atoms with Crippen molar-refractivity contribution in [1.82, 2.24) is 24.6 Å². The Morgan fingerprint density at radius 2 is 1.81 bits per heavy atom. The zero-order valence-electron chi connectivity index (χ0n) is 18.9. The van der Waals surface area contributed by atoms with Crippen molar-refractivity contribution in [3.63, 3.8) is 0 Å². The molecule has 2 atom stereocenters. The molecule has 166 valence electrons. The summed E-state index contributed by atoms with van der Waals surface area (Å²) in [5, 5.41) is 10.5. The Hall–Kier alpha value is -2.90. The van der Waals surface area contributed by atoms with Crippen molar-refractivity contribution in [2.24, 2.45) is 0 Å². The first-order chi connectivity index (χ1) is 15.5. The average molecular weight is 448 g/mol. The molecule has 4 aromatic rings. The average Bonchev–Trinajstić information content (AvgIpc) is 3.39. The Labute approximate surface area is 193 Å². The molecule has 0 bridgehead atoms. The predicted octanol–water partition coefficient (Wildman–Crippen LogP) is 5.18. The third-order valence-corrected chi connectivity index (χ3v) is 6.82. The number of aromatic amines is 1. The highest BCUT2D eigenvalue weighted by atomic mass is 32.2. The number of hydrogen-bond acceptors (Lipinski definition) is 5. The number of para-hydroxylation sites is 1. The van der Waals surface area contributed by atoms with Crippen LogP contribution in [0.15, 0.2) is 66.0 Å². The summed E-state index contributed by atoms with van der Waals surface area (Å²) in [6.45, 7) is 4.77. The van der Waals surface area contributed by atoms with Gasteiger partial charge in [-0.1, -0.05) is 67.2 Å². The van der Waals surface area contributed by atoms with Crippen LogP contribution < -0.4 is 0 Å². The lowest BCUT2D eigenvalue weighted by Gasteiger charge is -2.23. The van der Waals surface area contributed by atoms with Crippen molar-refractivity contribution in [1.29, 1.82) is 0 Å². The van der Waals surface area contributed by atoms with Gasteiger partial charge in [0.25, 0.3) is 0 Å². The number of aromatic nitrogens is 4. The van der Waals surface area contributed by atoms with Crippen molar-refractivity contribution in [3.8, 4) is 0 Å². The van der Waals surface area contributed by atoms with Gasteiger partial charge in [-0.25, -0.2) is 0 Å². The zero-order valence-corrected chi connectivity index (χ0v) is 19.8. The molecule has 4 rings (SSSR count). The quantitative estimate of drug-likeness (QED) is 0.283. The normalized spacial score (nSPS) is 13.5. The Bertz CT molecular complexity index is 1200. The summed E-state index contributed by atoms with van der Waals surface area (Å²) in [6.07, 6.45) is 2.73. The van der Waals surface area contributed by atoms with Gasteiger partial charge in [0.05, 0.1) is 17.8 Å². The first-order valence-electron chi connectivity index (χ1n) is 10.9. The number of hydrogen-bond donors (Lipinski definition) is 1. The lowest BCUT2D eigenvalue weighted by Crippen LogP contribution is -2.23. The number of fused-ring (bicyclic) bond motifs is 1. The molecule has 6 nitrogen and oxygen atoms in total. The van der Waals surface area contributed by atoms with Crippen LogP contribution >= 0.6 is 11.8 Å². The molecule has 2 aromatic heterocycles. The fourth-order valence-corrected chi connectivity index (χ4v) is 4.96. The molecule has 0 unspecified atom stereocenters. The molecule has 2 heterocycles. The number of nitrogens with zero attached hydrogens (tertiary/aromatic N) is 4. The number of Topliss-reactive ketones (excluding diaryl/α,β-unsaturated/α-hetero) is 1.